The minimum absolute atomic E-state index is 0.171. The molecule has 3 rings (SSSR count). The van der Waals surface area contributed by atoms with Gasteiger partial charge in [0.25, 0.3) is 0 Å². The summed E-state index contributed by atoms with van der Waals surface area (Å²) in [7, 11) is 4.81. The van der Waals surface area contributed by atoms with Gasteiger partial charge in [-0.2, -0.15) is 0 Å². The number of carboxylic acid groups (broad SMARTS) is 1. The number of rotatable bonds is 11. The van der Waals surface area contributed by atoms with Gasteiger partial charge in [0.2, 0.25) is 0 Å². The molecule has 0 saturated carbocycles. The molecule has 0 unspecified atom stereocenters. The van der Waals surface area contributed by atoms with E-state index in [0.29, 0.717) is 53.8 Å². The highest BCUT2D eigenvalue weighted by Crippen LogP contribution is 2.33. The first-order valence-corrected chi connectivity index (χ1v) is 10.8. The predicted molar refractivity (Wildman–Crippen MR) is 126 cm³/mol. The summed E-state index contributed by atoms with van der Waals surface area (Å²) in [5.74, 6) is 1.74. The lowest BCUT2D eigenvalue weighted by Crippen LogP contribution is -2.08. The van der Waals surface area contributed by atoms with Gasteiger partial charge in [0, 0.05) is 11.6 Å². The predicted octanol–water partition coefficient (Wildman–Crippen LogP) is 5.05. The van der Waals surface area contributed by atoms with Crippen LogP contribution < -0.4 is 18.9 Å². The van der Waals surface area contributed by atoms with Crippen LogP contribution in [0.1, 0.15) is 35.0 Å². The second kappa shape index (κ2) is 11.2. The maximum atomic E-state index is 11.9. The minimum atomic E-state index is -1.01. The molecule has 1 N–H and O–H groups in total. The Morgan fingerprint density at radius 2 is 1.61 bits per heavy atom. The zero-order chi connectivity index (χ0) is 23.8. The van der Waals surface area contributed by atoms with Crippen LogP contribution in [-0.4, -0.2) is 44.0 Å². The number of aromatic nitrogens is 1. The summed E-state index contributed by atoms with van der Waals surface area (Å²) in [4.78, 5) is 16.6. The van der Waals surface area contributed by atoms with Crippen LogP contribution in [0.15, 0.2) is 48.5 Å². The van der Waals surface area contributed by atoms with Gasteiger partial charge in [-0.1, -0.05) is 6.92 Å². The number of aryl methyl sites for hydroxylation is 2. The third kappa shape index (κ3) is 5.74. The van der Waals surface area contributed by atoms with Gasteiger partial charge < -0.3 is 24.1 Å². The van der Waals surface area contributed by atoms with Gasteiger partial charge in [-0.25, -0.2) is 4.79 Å². The molecular formula is C26H29NO6. The van der Waals surface area contributed by atoms with Crippen molar-refractivity contribution in [2.45, 2.75) is 26.2 Å². The molecule has 174 valence electrons. The lowest BCUT2D eigenvalue weighted by molar-refractivity contribution is 0.0695. The summed E-state index contributed by atoms with van der Waals surface area (Å²) in [6.07, 6.45) is 1.81. The van der Waals surface area contributed by atoms with Gasteiger partial charge in [-0.15, -0.1) is 0 Å². The van der Waals surface area contributed by atoms with Gasteiger partial charge in [-0.05, 0) is 67.3 Å². The molecule has 0 radical (unpaired) electrons. The van der Waals surface area contributed by atoms with Crippen molar-refractivity contribution in [2.75, 3.05) is 27.9 Å². The number of hydrogen-bond donors (Lipinski definition) is 1. The van der Waals surface area contributed by atoms with E-state index in [1.54, 1.807) is 33.5 Å². The highest BCUT2D eigenvalue weighted by molar-refractivity contribution is 5.89. The van der Waals surface area contributed by atoms with Gasteiger partial charge in [0.05, 0.1) is 44.9 Å². The van der Waals surface area contributed by atoms with Crippen molar-refractivity contribution in [3.05, 3.63) is 65.4 Å². The average Bonchev–Trinajstić information content (AvgIpc) is 2.85. The smallest absolute Gasteiger partial charge is 0.337 e. The van der Waals surface area contributed by atoms with E-state index >= 15 is 0 Å². The minimum Gasteiger partial charge on any atom is -0.497 e. The molecule has 0 fully saturated rings. The van der Waals surface area contributed by atoms with Crippen molar-refractivity contribution >= 4 is 5.97 Å². The third-order valence-electron chi connectivity index (χ3n) is 5.25. The Bertz CT molecular complexity index is 1110. The lowest BCUT2D eigenvalue weighted by Gasteiger charge is -2.15. The van der Waals surface area contributed by atoms with E-state index in [0.717, 1.165) is 17.5 Å². The number of nitrogens with zero attached hydrogens (tertiary/aromatic N) is 1. The fourth-order valence-corrected chi connectivity index (χ4v) is 3.54. The molecule has 0 atom stereocenters. The van der Waals surface area contributed by atoms with Crippen LogP contribution in [-0.2, 0) is 12.8 Å². The van der Waals surface area contributed by atoms with Gasteiger partial charge in [0.15, 0.2) is 0 Å². The molecule has 1 aromatic heterocycles. The quantitative estimate of drug-likeness (QED) is 0.437. The van der Waals surface area contributed by atoms with E-state index in [1.807, 2.05) is 43.3 Å². The van der Waals surface area contributed by atoms with Crippen LogP contribution >= 0.6 is 0 Å². The first kappa shape index (κ1) is 23.9. The van der Waals surface area contributed by atoms with Crippen molar-refractivity contribution in [2.24, 2.45) is 0 Å². The zero-order valence-corrected chi connectivity index (χ0v) is 19.4. The summed E-state index contributed by atoms with van der Waals surface area (Å²) in [5, 5.41) is 9.72. The van der Waals surface area contributed by atoms with Crippen molar-refractivity contribution in [1.82, 2.24) is 4.98 Å². The maximum Gasteiger partial charge on any atom is 0.337 e. The SMILES string of the molecule is CCCOc1cc(OC)ccc1-c1ccc(C(=O)O)c(CCc2cc(OC)ccc2OC)n1. The summed E-state index contributed by atoms with van der Waals surface area (Å²) in [6.45, 7) is 2.58. The first-order chi connectivity index (χ1) is 16.0. The van der Waals surface area contributed by atoms with Crippen LogP contribution in [0.2, 0.25) is 0 Å². The number of carboxylic acids is 1. The highest BCUT2D eigenvalue weighted by atomic mass is 16.5. The van der Waals surface area contributed by atoms with Crippen LogP contribution in [0.3, 0.4) is 0 Å². The first-order valence-electron chi connectivity index (χ1n) is 10.8. The monoisotopic (exact) mass is 451 g/mol. The zero-order valence-electron chi connectivity index (χ0n) is 19.4. The van der Waals surface area contributed by atoms with Crippen molar-refractivity contribution in [3.63, 3.8) is 0 Å². The molecule has 0 aliphatic carbocycles. The second-order valence-corrected chi connectivity index (χ2v) is 7.38. The number of hydrogen-bond acceptors (Lipinski definition) is 6. The molecule has 33 heavy (non-hydrogen) atoms. The topological polar surface area (TPSA) is 87.1 Å². The Morgan fingerprint density at radius 3 is 2.27 bits per heavy atom. The van der Waals surface area contributed by atoms with E-state index in [4.69, 9.17) is 23.9 Å². The van der Waals surface area contributed by atoms with E-state index in [2.05, 4.69) is 0 Å². The number of carbonyl (C=O) groups is 1. The van der Waals surface area contributed by atoms with E-state index in [-0.39, 0.29) is 5.56 Å². The Morgan fingerprint density at radius 1 is 0.879 bits per heavy atom. The number of aromatic carboxylic acids is 1. The van der Waals surface area contributed by atoms with Crippen LogP contribution in [0, 0.1) is 0 Å². The van der Waals surface area contributed by atoms with Crippen molar-refractivity contribution < 1.29 is 28.8 Å². The molecule has 0 aliphatic heterocycles. The summed E-state index contributed by atoms with van der Waals surface area (Å²) in [5.41, 5.74) is 2.99. The lowest BCUT2D eigenvalue weighted by atomic mass is 10.0. The van der Waals surface area contributed by atoms with E-state index < -0.39 is 5.97 Å². The van der Waals surface area contributed by atoms with Gasteiger partial charge in [-0.3, -0.25) is 4.98 Å². The molecule has 0 saturated heterocycles. The van der Waals surface area contributed by atoms with Crippen molar-refractivity contribution in [1.29, 1.82) is 0 Å². The Labute approximate surface area is 193 Å². The fourth-order valence-electron chi connectivity index (χ4n) is 3.54. The highest BCUT2D eigenvalue weighted by Gasteiger charge is 2.17. The molecule has 1 heterocycles. The molecule has 0 aliphatic rings. The molecular weight excluding hydrogens is 422 g/mol. The van der Waals surface area contributed by atoms with Crippen molar-refractivity contribution in [3.8, 4) is 34.3 Å². The van der Waals surface area contributed by atoms with Gasteiger partial charge >= 0.3 is 5.97 Å². The fraction of sp³-hybridized carbons (Fsp3) is 0.308. The summed E-state index contributed by atoms with van der Waals surface area (Å²) >= 11 is 0. The molecule has 3 aromatic rings. The van der Waals surface area contributed by atoms with E-state index in [9.17, 15) is 9.90 Å². The standard InChI is InChI=1S/C26H29NO6/c1-5-14-33-25-16-19(31-3)7-9-20(25)22-12-10-21(26(28)29)23(27-22)11-6-17-15-18(30-2)8-13-24(17)32-4/h7-10,12-13,15-16H,5-6,11,14H2,1-4H3,(H,28,29). The molecule has 0 spiro atoms. The number of benzene rings is 2. The number of methoxy groups -OCH3 is 3. The van der Waals surface area contributed by atoms with Gasteiger partial charge in [0.1, 0.15) is 23.0 Å². The largest absolute Gasteiger partial charge is 0.497 e. The van der Waals surface area contributed by atoms with Crippen LogP contribution in [0.5, 0.6) is 23.0 Å². The molecule has 2 aromatic carbocycles. The average molecular weight is 452 g/mol. The number of pyridine rings is 1. The normalized spacial score (nSPS) is 10.5. The molecule has 7 nitrogen and oxygen atoms in total. The van der Waals surface area contributed by atoms with Crippen LogP contribution in [0.25, 0.3) is 11.3 Å². The van der Waals surface area contributed by atoms with Crippen LogP contribution in [0.4, 0.5) is 0 Å². The Kier molecular flexibility index (Phi) is 8.13. The molecule has 0 amide bonds. The van der Waals surface area contributed by atoms with E-state index in [1.165, 1.54) is 0 Å². The maximum absolute atomic E-state index is 11.9. The number of ether oxygens (including phenoxy) is 4. The second-order valence-electron chi connectivity index (χ2n) is 7.38. The molecule has 7 heteroatoms. The third-order valence-corrected chi connectivity index (χ3v) is 5.25. The Balaban J connectivity index is 1.98. The Hall–Kier alpha value is -3.74. The summed E-state index contributed by atoms with van der Waals surface area (Å²) in [6, 6.07) is 14.4. The summed E-state index contributed by atoms with van der Waals surface area (Å²) < 4.78 is 22.0. The molecule has 0 bridgehead atoms.